The zero-order valence-electron chi connectivity index (χ0n) is 15.1. The average molecular weight is 380 g/mol. The third-order valence-corrected chi connectivity index (χ3v) is 5.93. The molecular weight excluding hydrogens is 358 g/mol. The Hall–Kier alpha value is -2.05. The molecule has 5 nitrogen and oxygen atoms in total. The molecule has 0 spiro atoms. The Kier molecular flexibility index (Phi) is 4.32. The molecular formula is C21H22ClN5. The second-order valence-corrected chi connectivity index (χ2v) is 8.18. The number of hydrogen-bond donors (Lipinski definition) is 0. The smallest absolute Gasteiger partial charge is 0.0802 e. The van der Waals surface area contributed by atoms with Gasteiger partial charge in [-0.05, 0) is 11.6 Å². The molecule has 4 heterocycles. The summed E-state index contributed by atoms with van der Waals surface area (Å²) in [5.74, 6) is 0. The monoisotopic (exact) mass is 379 g/mol. The predicted molar refractivity (Wildman–Crippen MR) is 109 cm³/mol. The molecule has 2 aromatic carbocycles. The van der Waals surface area contributed by atoms with Crippen LogP contribution in [0, 0.1) is 5.41 Å². The lowest BCUT2D eigenvalue weighted by atomic mass is 9.74. The fourth-order valence-electron chi connectivity index (χ4n) is 4.74. The molecule has 6 rings (SSSR count). The summed E-state index contributed by atoms with van der Waals surface area (Å²) in [5.41, 5.74) is 3.11. The van der Waals surface area contributed by atoms with Gasteiger partial charge in [0.15, 0.2) is 0 Å². The molecule has 0 aliphatic carbocycles. The van der Waals surface area contributed by atoms with E-state index in [1.54, 1.807) is 6.21 Å². The van der Waals surface area contributed by atoms with Crippen molar-refractivity contribution in [3.05, 3.63) is 70.7 Å². The van der Waals surface area contributed by atoms with Crippen molar-refractivity contribution in [3.8, 4) is 0 Å². The van der Waals surface area contributed by atoms with Gasteiger partial charge in [-0.3, -0.25) is 14.7 Å². The summed E-state index contributed by atoms with van der Waals surface area (Å²) < 4.78 is 0. The van der Waals surface area contributed by atoms with E-state index in [-0.39, 0.29) is 5.41 Å². The number of hydrogen-bond acceptors (Lipinski definition) is 5. The van der Waals surface area contributed by atoms with Gasteiger partial charge in [0.05, 0.1) is 37.3 Å². The fraction of sp³-hybridized carbons (Fsp3) is 0.333. The van der Waals surface area contributed by atoms with E-state index in [9.17, 15) is 0 Å². The van der Waals surface area contributed by atoms with Gasteiger partial charge >= 0.3 is 0 Å². The maximum atomic E-state index is 6.25. The van der Waals surface area contributed by atoms with Crippen molar-refractivity contribution >= 4 is 23.5 Å². The molecule has 0 radical (unpaired) electrons. The van der Waals surface area contributed by atoms with Crippen molar-refractivity contribution in [1.29, 1.82) is 0 Å². The standard InChI is InChI=1S/C21H22ClN5/c22-19-9-5-4-8-18(19)10-23-24-20(17-6-2-1-3-7-17)21-11-25-14-26(12-21)16-27(13-21)15-25/h1-10H,11-16H2/b23-10-,24-20-. The first-order valence-corrected chi connectivity index (χ1v) is 9.68. The lowest BCUT2D eigenvalue weighted by molar-refractivity contribution is -0.149. The molecule has 27 heavy (non-hydrogen) atoms. The Labute approximate surface area is 164 Å². The van der Waals surface area contributed by atoms with Crippen molar-refractivity contribution in [2.24, 2.45) is 15.6 Å². The van der Waals surface area contributed by atoms with E-state index in [0.29, 0.717) is 5.02 Å². The summed E-state index contributed by atoms with van der Waals surface area (Å²) in [7, 11) is 0. The number of nitrogens with zero attached hydrogens (tertiary/aromatic N) is 5. The third kappa shape index (κ3) is 3.21. The van der Waals surface area contributed by atoms with Crippen molar-refractivity contribution in [2.75, 3.05) is 39.6 Å². The van der Waals surface area contributed by atoms with Crippen LogP contribution in [-0.2, 0) is 0 Å². The highest BCUT2D eigenvalue weighted by Gasteiger charge is 2.51. The van der Waals surface area contributed by atoms with Gasteiger partial charge in [0.25, 0.3) is 0 Å². The van der Waals surface area contributed by atoms with Crippen LogP contribution in [-0.4, -0.2) is 66.3 Å². The lowest BCUT2D eigenvalue weighted by Crippen LogP contribution is -2.74. The van der Waals surface area contributed by atoms with Crippen molar-refractivity contribution in [3.63, 3.8) is 0 Å². The minimum absolute atomic E-state index is 0.00603. The molecule has 0 saturated carbocycles. The number of benzene rings is 2. The van der Waals surface area contributed by atoms with E-state index in [1.165, 1.54) is 0 Å². The van der Waals surface area contributed by atoms with Gasteiger partial charge in [-0.1, -0.05) is 60.1 Å². The maximum absolute atomic E-state index is 6.25. The van der Waals surface area contributed by atoms with Gasteiger partial charge in [0.2, 0.25) is 0 Å². The Morgan fingerprint density at radius 3 is 2.07 bits per heavy atom. The highest BCUT2D eigenvalue weighted by Crippen LogP contribution is 2.38. The van der Waals surface area contributed by atoms with Crippen LogP contribution in [0.1, 0.15) is 11.1 Å². The van der Waals surface area contributed by atoms with Gasteiger partial charge in [0, 0.05) is 30.2 Å². The molecule has 2 aromatic rings. The second-order valence-electron chi connectivity index (χ2n) is 7.77. The van der Waals surface area contributed by atoms with Gasteiger partial charge in [-0.2, -0.15) is 10.2 Å². The van der Waals surface area contributed by atoms with Crippen molar-refractivity contribution < 1.29 is 0 Å². The summed E-state index contributed by atoms with van der Waals surface area (Å²) in [5, 5.41) is 9.92. The molecule has 4 bridgehead atoms. The maximum Gasteiger partial charge on any atom is 0.0802 e. The zero-order valence-corrected chi connectivity index (χ0v) is 15.9. The molecule has 138 valence electrons. The van der Waals surface area contributed by atoms with E-state index in [1.807, 2.05) is 30.3 Å². The normalized spacial score (nSPS) is 32.3. The summed E-state index contributed by atoms with van der Waals surface area (Å²) in [6, 6.07) is 18.2. The van der Waals surface area contributed by atoms with Gasteiger partial charge < -0.3 is 0 Å². The molecule has 0 atom stereocenters. The van der Waals surface area contributed by atoms with Crippen molar-refractivity contribution in [1.82, 2.24) is 14.7 Å². The SMILES string of the molecule is Clc1ccccc1/C=N\N=C(\c1ccccc1)C12CN3CN(CN(C3)C1)C2. The Morgan fingerprint density at radius 2 is 1.44 bits per heavy atom. The van der Waals surface area contributed by atoms with Gasteiger partial charge in [-0.15, -0.1) is 0 Å². The third-order valence-electron chi connectivity index (χ3n) is 5.59. The number of rotatable bonds is 4. The van der Waals surface area contributed by atoms with Gasteiger partial charge in [-0.25, -0.2) is 0 Å². The van der Waals surface area contributed by atoms with E-state index in [0.717, 1.165) is 56.5 Å². The van der Waals surface area contributed by atoms with Crippen LogP contribution in [0.3, 0.4) is 0 Å². The summed E-state index contributed by atoms with van der Waals surface area (Å²) in [6.07, 6.45) is 1.76. The zero-order chi connectivity index (χ0) is 18.3. The molecule has 4 saturated heterocycles. The molecule has 0 N–H and O–H groups in total. The quantitative estimate of drug-likeness (QED) is 0.605. The molecule has 0 unspecified atom stereocenters. The lowest BCUT2D eigenvalue weighted by Gasteiger charge is -2.60. The van der Waals surface area contributed by atoms with E-state index in [2.05, 4.69) is 44.1 Å². The van der Waals surface area contributed by atoms with E-state index >= 15 is 0 Å². The highest BCUT2D eigenvalue weighted by atomic mass is 35.5. The second kappa shape index (κ2) is 6.84. The number of halogens is 1. The first-order valence-electron chi connectivity index (χ1n) is 9.30. The summed E-state index contributed by atoms with van der Waals surface area (Å²) >= 11 is 6.25. The van der Waals surface area contributed by atoms with Crippen LogP contribution >= 0.6 is 11.6 Å². The van der Waals surface area contributed by atoms with Crippen LogP contribution in [0.2, 0.25) is 5.02 Å². The summed E-state index contributed by atoms with van der Waals surface area (Å²) in [4.78, 5) is 7.52. The fourth-order valence-corrected chi connectivity index (χ4v) is 4.92. The Balaban J connectivity index is 1.53. The minimum Gasteiger partial charge on any atom is -0.276 e. The average Bonchev–Trinajstić information content (AvgIpc) is 2.66. The van der Waals surface area contributed by atoms with Crippen LogP contribution in [0.5, 0.6) is 0 Å². The molecule has 0 aromatic heterocycles. The van der Waals surface area contributed by atoms with Crippen LogP contribution in [0.15, 0.2) is 64.8 Å². The Bertz CT molecular complexity index is 857. The van der Waals surface area contributed by atoms with Crippen LogP contribution in [0.4, 0.5) is 0 Å². The minimum atomic E-state index is -0.00603. The van der Waals surface area contributed by atoms with Crippen molar-refractivity contribution in [2.45, 2.75) is 0 Å². The predicted octanol–water partition coefficient (Wildman–Crippen LogP) is 2.97. The van der Waals surface area contributed by atoms with E-state index < -0.39 is 0 Å². The molecule has 6 heteroatoms. The Morgan fingerprint density at radius 1 is 0.852 bits per heavy atom. The topological polar surface area (TPSA) is 34.4 Å². The van der Waals surface area contributed by atoms with Crippen LogP contribution in [0.25, 0.3) is 0 Å². The first-order chi connectivity index (χ1) is 13.2. The van der Waals surface area contributed by atoms with Gasteiger partial charge in [0.1, 0.15) is 0 Å². The molecule has 4 fully saturated rings. The molecule has 4 aliphatic rings. The first kappa shape index (κ1) is 17.1. The molecule has 4 aliphatic heterocycles. The summed E-state index contributed by atoms with van der Waals surface area (Å²) in [6.45, 7) is 6.29. The largest absolute Gasteiger partial charge is 0.276 e. The highest BCUT2D eigenvalue weighted by molar-refractivity contribution is 6.33. The van der Waals surface area contributed by atoms with E-state index in [4.69, 9.17) is 16.7 Å². The van der Waals surface area contributed by atoms with Crippen LogP contribution < -0.4 is 0 Å². The molecule has 0 amide bonds.